The Hall–Kier alpha value is -1.95. The highest BCUT2D eigenvalue weighted by Crippen LogP contribution is 2.20. The van der Waals surface area contributed by atoms with Gasteiger partial charge in [-0.05, 0) is 39.7 Å². The Kier molecular flexibility index (Phi) is 2.71. The van der Waals surface area contributed by atoms with Gasteiger partial charge in [0.2, 0.25) is 5.95 Å². The Morgan fingerprint density at radius 3 is 2.83 bits per heavy atom. The summed E-state index contributed by atoms with van der Waals surface area (Å²) in [4.78, 5) is 12.7. The van der Waals surface area contributed by atoms with Gasteiger partial charge in [-0.25, -0.2) is 9.97 Å². The maximum absolute atomic E-state index is 5.93. The molecule has 0 aliphatic heterocycles. The molecule has 6 heteroatoms. The number of hydrogen-bond donors (Lipinski definition) is 1. The maximum atomic E-state index is 5.93. The van der Waals surface area contributed by atoms with Crippen molar-refractivity contribution in [2.75, 3.05) is 5.73 Å². The lowest BCUT2D eigenvalue weighted by molar-refractivity contribution is 0.825. The van der Waals surface area contributed by atoms with Crippen LogP contribution in [0.2, 0.25) is 0 Å². The maximum Gasteiger partial charge on any atom is 0.202 e. The summed E-state index contributed by atoms with van der Waals surface area (Å²) in [5, 5.41) is 0. The van der Waals surface area contributed by atoms with Crippen LogP contribution in [0.15, 0.2) is 41.3 Å². The highest BCUT2D eigenvalue weighted by Gasteiger charge is 2.10. The van der Waals surface area contributed by atoms with Crippen LogP contribution in [0.25, 0.3) is 11.2 Å². The molecule has 3 heterocycles. The molecular weight excluding hydrogens is 294 g/mol. The van der Waals surface area contributed by atoms with Gasteiger partial charge in [0.25, 0.3) is 0 Å². The van der Waals surface area contributed by atoms with Crippen molar-refractivity contribution < 1.29 is 0 Å². The third-order valence-electron chi connectivity index (χ3n) is 2.67. The first-order valence-electron chi connectivity index (χ1n) is 5.40. The minimum absolute atomic E-state index is 0.465. The van der Waals surface area contributed by atoms with Gasteiger partial charge in [-0.15, -0.1) is 0 Å². The van der Waals surface area contributed by atoms with Gasteiger partial charge in [0.15, 0.2) is 5.65 Å². The van der Waals surface area contributed by atoms with Crippen LogP contribution in [0.4, 0.5) is 5.95 Å². The average Bonchev–Trinajstić information content (AvgIpc) is 2.66. The van der Waals surface area contributed by atoms with E-state index in [-0.39, 0.29) is 0 Å². The van der Waals surface area contributed by atoms with E-state index in [1.807, 2.05) is 22.8 Å². The molecule has 5 nitrogen and oxygen atoms in total. The van der Waals surface area contributed by atoms with E-state index in [0.717, 1.165) is 21.2 Å². The Morgan fingerprint density at radius 2 is 2.06 bits per heavy atom. The molecule has 3 rings (SSSR count). The van der Waals surface area contributed by atoms with Crippen molar-refractivity contribution in [2.45, 2.75) is 6.54 Å². The van der Waals surface area contributed by atoms with Crippen molar-refractivity contribution in [3.8, 4) is 0 Å². The fraction of sp³-hybridized carbons (Fsp3) is 0.0833. The van der Waals surface area contributed by atoms with E-state index in [9.17, 15) is 0 Å². The molecule has 0 radical (unpaired) electrons. The second-order valence-electron chi connectivity index (χ2n) is 3.91. The molecule has 0 aliphatic rings. The van der Waals surface area contributed by atoms with E-state index in [1.54, 1.807) is 18.6 Å². The zero-order valence-electron chi connectivity index (χ0n) is 9.42. The molecule has 0 bridgehead atoms. The number of imidazole rings is 1. The van der Waals surface area contributed by atoms with Crippen molar-refractivity contribution in [2.24, 2.45) is 0 Å². The molecule has 0 unspecified atom stereocenters. The summed E-state index contributed by atoms with van der Waals surface area (Å²) >= 11 is 3.37. The van der Waals surface area contributed by atoms with Crippen LogP contribution in [-0.4, -0.2) is 19.5 Å². The number of nitrogen functional groups attached to an aromatic ring is 1. The number of aromatic nitrogens is 4. The molecule has 0 saturated heterocycles. The lowest BCUT2D eigenvalue weighted by Crippen LogP contribution is -2.05. The first-order chi connectivity index (χ1) is 8.74. The van der Waals surface area contributed by atoms with Crippen LogP contribution < -0.4 is 5.73 Å². The van der Waals surface area contributed by atoms with Crippen LogP contribution >= 0.6 is 15.9 Å². The number of nitrogens with two attached hydrogens (primary N) is 1. The largest absolute Gasteiger partial charge is 0.369 e. The summed E-state index contributed by atoms with van der Waals surface area (Å²) in [5.74, 6) is 0.465. The summed E-state index contributed by atoms with van der Waals surface area (Å²) < 4.78 is 2.78. The quantitative estimate of drug-likeness (QED) is 0.788. The molecule has 18 heavy (non-hydrogen) atoms. The fourth-order valence-corrected chi connectivity index (χ4v) is 2.15. The number of fused-ring (bicyclic) bond motifs is 1. The van der Waals surface area contributed by atoms with Gasteiger partial charge in [-0.1, -0.05) is 0 Å². The lowest BCUT2D eigenvalue weighted by atomic mass is 10.3. The molecule has 3 aromatic heterocycles. The van der Waals surface area contributed by atoms with Crippen molar-refractivity contribution in [1.82, 2.24) is 19.5 Å². The van der Waals surface area contributed by atoms with E-state index in [1.165, 1.54) is 0 Å². The SMILES string of the molecule is Nc1nc2cc(Br)cnc2n1Cc1ccncc1. The molecule has 0 atom stereocenters. The molecule has 3 aromatic rings. The number of pyridine rings is 2. The molecule has 2 N–H and O–H groups in total. The number of anilines is 1. The monoisotopic (exact) mass is 303 g/mol. The van der Waals surface area contributed by atoms with E-state index in [4.69, 9.17) is 5.73 Å². The van der Waals surface area contributed by atoms with Gasteiger partial charge >= 0.3 is 0 Å². The first kappa shape index (κ1) is 11.2. The van der Waals surface area contributed by atoms with Gasteiger partial charge in [0.05, 0.1) is 6.54 Å². The van der Waals surface area contributed by atoms with Gasteiger partial charge in [0.1, 0.15) is 5.52 Å². The van der Waals surface area contributed by atoms with Crippen molar-refractivity contribution in [1.29, 1.82) is 0 Å². The fourth-order valence-electron chi connectivity index (χ4n) is 1.83. The lowest BCUT2D eigenvalue weighted by Gasteiger charge is -2.05. The van der Waals surface area contributed by atoms with Gasteiger partial charge in [-0.2, -0.15) is 0 Å². The standard InChI is InChI=1S/C12H10BrN5/c13-9-5-10-11(16-6-9)18(12(14)17-10)7-8-1-3-15-4-2-8/h1-6H,7H2,(H2,14,17). The molecule has 0 amide bonds. The second kappa shape index (κ2) is 4.38. The van der Waals surface area contributed by atoms with Crippen molar-refractivity contribution in [3.05, 3.63) is 46.8 Å². The highest BCUT2D eigenvalue weighted by molar-refractivity contribution is 9.10. The molecule has 0 aliphatic carbocycles. The molecular formula is C12H10BrN5. The predicted molar refractivity (Wildman–Crippen MR) is 73.0 cm³/mol. The Morgan fingerprint density at radius 1 is 1.28 bits per heavy atom. The Labute approximate surface area is 112 Å². The van der Waals surface area contributed by atoms with Crippen molar-refractivity contribution >= 4 is 33.0 Å². The summed E-state index contributed by atoms with van der Waals surface area (Å²) in [6, 6.07) is 5.80. The predicted octanol–water partition coefficient (Wildman–Crippen LogP) is 2.22. The summed E-state index contributed by atoms with van der Waals surface area (Å²) in [5.41, 5.74) is 8.62. The number of hydrogen-bond acceptors (Lipinski definition) is 4. The first-order valence-corrected chi connectivity index (χ1v) is 6.19. The van der Waals surface area contributed by atoms with Crippen LogP contribution in [0.1, 0.15) is 5.56 Å². The van der Waals surface area contributed by atoms with E-state index >= 15 is 0 Å². The third-order valence-corrected chi connectivity index (χ3v) is 3.10. The van der Waals surface area contributed by atoms with Crippen LogP contribution in [0.5, 0.6) is 0 Å². The smallest absolute Gasteiger partial charge is 0.202 e. The molecule has 0 saturated carbocycles. The number of rotatable bonds is 2. The minimum Gasteiger partial charge on any atom is -0.369 e. The van der Waals surface area contributed by atoms with Crippen molar-refractivity contribution in [3.63, 3.8) is 0 Å². The molecule has 0 spiro atoms. The van der Waals surface area contributed by atoms with Crippen LogP contribution in [0.3, 0.4) is 0 Å². The number of nitrogens with zero attached hydrogens (tertiary/aromatic N) is 4. The molecule has 90 valence electrons. The highest BCUT2D eigenvalue weighted by atomic mass is 79.9. The van der Waals surface area contributed by atoms with Gasteiger partial charge in [0, 0.05) is 23.1 Å². The normalized spacial score (nSPS) is 10.9. The number of halogens is 1. The van der Waals surface area contributed by atoms with Gasteiger partial charge in [-0.3, -0.25) is 9.55 Å². The van der Waals surface area contributed by atoms with Crippen LogP contribution in [0, 0.1) is 0 Å². The molecule has 0 aromatic carbocycles. The summed E-state index contributed by atoms with van der Waals surface area (Å²) in [7, 11) is 0. The second-order valence-corrected chi connectivity index (χ2v) is 4.82. The third kappa shape index (κ3) is 1.95. The topological polar surface area (TPSA) is 69.6 Å². The molecule has 0 fully saturated rings. The zero-order valence-corrected chi connectivity index (χ0v) is 11.0. The summed E-state index contributed by atoms with van der Waals surface area (Å²) in [6.07, 6.45) is 5.26. The van der Waals surface area contributed by atoms with E-state index in [2.05, 4.69) is 30.9 Å². The Balaban J connectivity index is 2.09. The summed E-state index contributed by atoms with van der Waals surface area (Å²) in [6.45, 7) is 0.638. The van der Waals surface area contributed by atoms with E-state index in [0.29, 0.717) is 12.5 Å². The van der Waals surface area contributed by atoms with Gasteiger partial charge < -0.3 is 5.73 Å². The van der Waals surface area contributed by atoms with Crippen LogP contribution in [-0.2, 0) is 6.54 Å². The van der Waals surface area contributed by atoms with E-state index < -0.39 is 0 Å². The zero-order chi connectivity index (χ0) is 12.5. The average molecular weight is 304 g/mol. The minimum atomic E-state index is 0.465. The Bertz CT molecular complexity index is 692.